The summed E-state index contributed by atoms with van der Waals surface area (Å²) in [5, 5.41) is 15.3. The summed E-state index contributed by atoms with van der Waals surface area (Å²) in [7, 11) is 0. The number of aryl methyl sites for hydroxylation is 1. The molecule has 0 aliphatic rings. The predicted molar refractivity (Wildman–Crippen MR) is 201 cm³/mol. The van der Waals surface area contributed by atoms with Gasteiger partial charge in [-0.2, -0.15) is 0 Å². The molecule has 47 heavy (non-hydrogen) atoms. The summed E-state index contributed by atoms with van der Waals surface area (Å²) in [6, 6.07) is 55.8. The van der Waals surface area contributed by atoms with Crippen molar-refractivity contribution in [2.24, 2.45) is 0 Å². The molecule has 10 rings (SSSR count). The van der Waals surface area contributed by atoms with E-state index in [4.69, 9.17) is 4.98 Å². The standard InChI is InChI=1S/C45H30N2/c1-2-47-42-24-10-9-23-41(42)46-45(47)39-26-25-35(31-16-5-8-19-34(31)39)40-27-28-13-11-20-36-32-17-6-3-14-29(32)30-15-4-7-18-33(30)37-21-12-22-38(40)44(37)43(28)36/h3-27H,2H2,1H3. The molecular weight excluding hydrogens is 569 g/mol. The lowest BCUT2D eigenvalue weighted by Gasteiger charge is -2.18. The maximum atomic E-state index is 5.15. The van der Waals surface area contributed by atoms with Crippen LogP contribution in [0.5, 0.6) is 0 Å². The average molecular weight is 599 g/mol. The maximum Gasteiger partial charge on any atom is 0.141 e. The lowest BCUT2D eigenvalue weighted by Crippen LogP contribution is -1.98. The monoisotopic (exact) mass is 598 g/mol. The second kappa shape index (κ2) is 10.0. The first-order valence-corrected chi connectivity index (χ1v) is 16.5. The smallest absolute Gasteiger partial charge is 0.141 e. The van der Waals surface area contributed by atoms with Crippen LogP contribution < -0.4 is 0 Å². The number of imidazole rings is 1. The second-order valence-corrected chi connectivity index (χ2v) is 12.5. The predicted octanol–water partition coefficient (Wildman–Crippen LogP) is 12.3. The van der Waals surface area contributed by atoms with E-state index < -0.39 is 0 Å². The summed E-state index contributed by atoms with van der Waals surface area (Å²) in [4.78, 5) is 5.15. The minimum atomic E-state index is 0.858. The first kappa shape index (κ1) is 26.2. The van der Waals surface area contributed by atoms with Crippen molar-refractivity contribution < 1.29 is 0 Å². The van der Waals surface area contributed by atoms with Crippen LogP contribution in [0.3, 0.4) is 0 Å². The van der Waals surface area contributed by atoms with Gasteiger partial charge in [-0.1, -0.05) is 127 Å². The van der Waals surface area contributed by atoms with E-state index in [9.17, 15) is 0 Å². The SMILES string of the molecule is CCn1c(-c2ccc(-c3cc4cccc5c6ccccc6c6ccccc6c6cccc3c6c45)c3ccccc23)nc2ccccc21. The van der Waals surface area contributed by atoms with E-state index in [-0.39, 0.29) is 0 Å². The molecule has 9 aromatic carbocycles. The Bertz CT molecular complexity index is 2890. The maximum absolute atomic E-state index is 5.15. The van der Waals surface area contributed by atoms with Gasteiger partial charge in [0, 0.05) is 12.1 Å². The van der Waals surface area contributed by atoms with Gasteiger partial charge in [0.2, 0.25) is 0 Å². The Morgan fingerprint density at radius 1 is 0.426 bits per heavy atom. The Morgan fingerprint density at radius 2 is 0.936 bits per heavy atom. The Hall–Kier alpha value is -5.99. The van der Waals surface area contributed by atoms with Crippen molar-refractivity contribution in [2.75, 3.05) is 0 Å². The van der Waals surface area contributed by atoms with Crippen molar-refractivity contribution in [3.05, 3.63) is 152 Å². The van der Waals surface area contributed by atoms with Crippen LogP contribution in [0.4, 0.5) is 0 Å². The second-order valence-electron chi connectivity index (χ2n) is 12.5. The summed E-state index contributed by atoms with van der Waals surface area (Å²) in [5.41, 5.74) is 5.86. The van der Waals surface area contributed by atoms with Crippen LogP contribution in [0, 0.1) is 0 Å². The van der Waals surface area contributed by atoms with Crippen LogP contribution in [-0.2, 0) is 6.54 Å². The third kappa shape index (κ3) is 3.70. The Morgan fingerprint density at radius 3 is 1.64 bits per heavy atom. The van der Waals surface area contributed by atoms with E-state index in [0.717, 1.165) is 23.4 Å². The minimum Gasteiger partial charge on any atom is -0.324 e. The molecular formula is C45H30N2. The zero-order valence-electron chi connectivity index (χ0n) is 26.0. The van der Waals surface area contributed by atoms with Crippen molar-refractivity contribution in [3.63, 3.8) is 0 Å². The highest BCUT2D eigenvalue weighted by atomic mass is 15.1. The van der Waals surface area contributed by atoms with Gasteiger partial charge in [-0.05, 0) is 107 Å². The van der Waals surface area contributed by atoms with Gasteiger partial charge in [-0.25, -0.2) is 4.98 Å². The fourth-order valence-corrected chi connectivity index (χ4v) is 8.16. The van der Waals surface area contributed by atoms with E-state index >= 15 is 0 Å². The van der Waals surface area contributed by atoms with Crippen molar-refractivity contribution >= 4 is 75.7 Å². The van der Waals surface area contributed by atoms with Gasteiger partial charge >= 0.3 is 0 Å². The molecule has 2 heteroatoms. The number of para-hydroxylation sites is 2. The highest BCUT2D eigenvalue weighted by Crippen LogP contribution is 2.45. The third-order valence-corrected chi connectivity index (χ3v) is 10.2. The molecule has 0 atom stereocenters. The van der Waals surface area contributed by atoms with Gasteiger partial charge in [0.25, 0.3) is 0 Å². The summed E-state index contributed by atoms with van der Waals surface area (Å²) in [6.07, 6.45) is 0. The first-order chi connectivity index (χ1) is 23.3. The van der Waals surface area contributed by atoms with Crippen LogP contribution in [-0.4, -0.2) is 9.55 Å². The molecule has 0 aliphatic heterocycles. The highest BCUT2D eigenvalue weighted by Gasteiger charge is 2.19. The van der Waals surface area contributed by atoms with Crippen LogP contribution in [0.15, 0.2) is 152 Å². The molecule has 0 amide bonds. The van der Waals surface area contributed by atoms with Crippen molar-refractivity contribution in [2.45, 2.75) is 13.5 Å². The molecule has 0 saturated carbocycles. The molecule has 220 valence electrons. The van der Waals surface area contributed by atoms with Crippen molar-refractivity contribution in [3.8, 4) is 22.5 Å². The molecule has 0 unspecified atom stereocenters. The van der Waals surface area contributed by atoms with E-state index in [1.54, 1.807) is 0 Å². The number of hydrogen-bond acceptors (Lipinski definition) is 1. The van der Waals surface area contributed by atoms with E-state index in [1.165, 1.54) is 81.3 Å². The number of benzene rings is 8. The molecule has 1 aromatic heterocycles. The molecule has 0 spiro atoms. The van der Waals surface area contributed by atoms with E-state index in [2.05, 4.69) is 163 Å². The zero-order chi connectivity index (χ0) is 31.1. The summed E-state index contributed by atoms with van der Waals surface area (Å²) < 4.78 is 2.34. The summed E-state index contributed by atoms with van der Waals surface area (Å²) in [5.74, 6) is 1.02. The van der Waals surface area contributed by atoms with Gasteiger partial charge < -0.3 is 4.57 Å². The molecule has 0 bridgehead atoms. The van der Waals surface area contributed by atoms with Gasteiger partial charge in [0.1, 0.15) is 5.82 Å². The third-order valence-electron chi connectivity index (χ3n) is 10.2. The van der Waals surface area contributed by atoms with Crippen LogP contribution in [0.1, 0.15) is 6.92 Å². The Kier molecular flexibility index (Phi) is 5.59. The number of aromatic nitrogens is 2. The van der Waals surface area contributed by atoms with E-state index in [1.807, 2.05) is 0 Å². The number of hydrogen-bond donors (Lipinski definition) is 0. The van der Waals surface area contributed by atoms with Crippen LogP contribution in [0.2, 0.25) is 0 Å². The number of rotatable bonds is 3. The molecule has 1 heterocycles. The first-order valence-electron chi connectivity index (χ1n) is 16.5. The minimum absolute atomic E-state index is 0.858. The number of fused-ring (bicyclic) bond motifs is 7. The lowest BCUT2D eigenvalue weighted by atomic mass is 9.85. The average Bonchev–Trinajstić information content (AvgIpc) is 3.51. The molecule has 0 radical (unpaired) electrons. The molecule has 2 nitrogen and oxygen atoms in total. The van der Waals surface area contributed by atoms with Crippen LogP contribution in [0.25, 0.3) is 98.2 Å². The topological polar surface area (TPSA) is 17.8 Å². The largest absolute Gasteiger partial charge is 0.324 e. The molecule has 0 N–H and O–H groups in total. The van der Waals surface area contributed by atoms with E-state index in [0.29, 0.717) is 0 Å². The van der Waals surface area contributed by atoms with Gasteiger partial charge in [-0.15, -0.1) is 0 Å². The molecule has 10 aromatic rings. The molecule has 0 aliphatic carbocycles. The van der Waals surface area contributed by atoms with Gasteiger partial charge in [-0.3, -0.25) is 0 Å². The van der Waals surface area contributed by atoms with Gasteiger partial charge in [0.15, 0.2) is 0 Å². The fourth-order valence-electron chi connectivity index (χ4n) is 8.16. The fraction of sp³-hybridized carbons (Fsp3) is 0.0444. The van der Waals surface area contributed by atoms with Crippen molar-refractivity contribution in [1.82, 2.24) is 9.55 Å². The molecule has 0 fully saturated rings. The van der Waals surface area contributed by atoms with Crippen molar-refractivity contribution in [1.29, 1.82) is 0 Å². The lowest BCUT2D eigenvalue weighted by molar-refractivity contribution is 0.797. The van der Waals surface area contributed by atoms with Crippen LogP contribution >= 0.6 is 0 Å². The zero-order valence-corrected chi connectivity index (χ0v) is 26.0. The summed E-state index contributed by atoms with van der Waals surface area (Å²) >= 11 is 0. The quantitative estimate of drug-likeness (QED) is 0.185. The molecule has 0 saturated heterocycles. The Balaban J connectivity index is 1.36. The van der Waals surface area contributed by atoms with Gasteiger partial charge in [0.05, 0.1) is 11.0 Å². The Labute approximate surface area is 272 Å². The summed E-state index contributed by atoms with van der Waals surface area (Å²) in [6.45, 7) is 3.06. The number of nitrogens with zero attached hydrogens (tertiary/aromatic N) is 2. The highest BCUT2D eigenvalue weighted by molar-refractivity contribution is 6.34. The normalized spacial score (nSPS) is 12.0.